The molecular formula is C18H22FN3O3. The molecule has 0 bridgehead atoms. The maximum absolute atomic E-state index is 13.1. The van der Waals surface area contributed by atoms with Gasteiger partial charge in [-0.05, 0) is 24.6 Å². The predicted molar refractivity (Wildman–Crippen MR) is 89.7 cm³/mol. The van der Waals surface area contributed by atoms with Crippen molar-refractivity contribution in [1.82, 2.24) is 15.2 Å². The second-order valence-corrected chi connectivity index (χ2v) is 6.05. The van der Waals surface area contributed by atoms with Crippen molar-refractivity contribution in [3.63, 3.8) is 0 Å². The Kier molecular flexibility index (Phi) is 5.33. The molecule has 1 aliphatic heterocycles. The molecule has 1 aromatic carbocycles. The fourth-order valence-corrected chi connectivity index (χ4v) is 3.00. The molecular weight excluding hydrogens is 325 g/mol. The summed E-state index contributed by atoms with van der Waals surface area (Å²) in [5.41, 5.74) is 1.72. The van der Waals surface area contributed by atoms with Gasteiger partial charge in [-0.3, -0.25) is 0 Å². The van der Waals surface area contributed by atoms with E-state index in [1.54, 1.807) is 24.0 Å². The minimum atomic E-state index is -0.297. The summed E-state index contributed by atoms with van der Waals surface area (Å²) in [5, 5.41) is 2.92. The topological polar surface area (TPSA) is 67.6 Å². The molecule has 7 heteroatoms. The van der Waals surface area contributed by atoms with Gasteiger partial charge in [-0.1, -0.05) is 12.1 Å². The standard InChI is InChI=1S/C18H22FN3O3/c1-12-16(21-13(2)25-12)7-8-20-18(23)22-9-10-24-11-17(22)14-3-5-15(19)6-4-14/h3-6,17H,7-11H2,1-2H3,(H,20,23). The van der Waals surface area contributed by atoms with E-state index in [1.807, 2.05) is 6.92 Å². The molecule has 1 aromatic heterocycles. The molecule has 25 heavy (non-hydrogen) atoms. The lowest BCUT2D eigenvalue weighted by atomic mass is 10.1. The van der Waals surface area contributed by atoms with Crippen LogP contribution in [0.3, 0.4) is 0 Å². The van der Waals surface area contributed by atoms with Gasteiger partial charge in [0, 0.05) is 26.4 Å². The Labute approximate surface area is 146 Å². The Morgan fingerprint density at radius 1 is 1.36 bits per heavy atom. The molecule has 1 aliphatic rings. The van der Waals surface area contributed by atoms with E-state index in [-0.39, 0.29) is 17.9 Å². The van der Waals surface area contributed by atoms with Gasteiger partial charge in [-0.15, -0.1) is 0 Å². The van der Waals surface area contributed by atoms with E-state index in [2.05, 4.69) is 10.3 Å². The van der Waals surface area contributed by atoms with Crippen LogP contribution in [0, 0.1) is 19.7 Å². The van der Waals surface area contributed by atoms with E-state index in [0.29, 0.717) is 38.6 Å². The molecule has 134 valence electrons. The molecule has 0 saturated carbocycles. The number of nitrogens with zero attached hydrogens (tertiary/aromatic N) is 2. The van der Waals surface area contributed by atoms with Crippen LogP contribution in [-0.2, 0) is 11.2 Å². The maximum atomic E-state index is 13.1. The number of amides is 2. The highest BCUT2D eigenvalue weighted by molar-refractivity contribution is 5.75. The number of carbonyl (C=O) groups excluding carboxylic acids is 1. The lowest BCUT2D eigenvalue weighted by Gasteiger charge is -2.35. The molecule has 0 aliphatic carbocycles. The number of hydrogen-bond acceptors (Lipinski definition) is 4. The van der Waals surface area contributed by atoms with Crippen molar-refractivity contribution in [2.24, 2.45) is 0 Å². The molecule has 1 unspecified atom stereocenters. The number of morpholine rings is 1. The lowest BCUT2D eigenvalue weighted by molar-refractivity contribution is 0.0117. The average Bonchev–Trinajstić information content (AvgIpc) is 2.93. The first-order chi connectivity index (χ1) is 12.0. The number of ether oxygens (including phenoxy) is 1. The quantitative estimate of drug-likeness (QED) is 0.923. The number of aromatic nitrogens is 1. The van der Waals surface area contributed by atoms with E-state index in [4.69, 9.17) is 9.15 Å². The lowest BCUT2D eigenvalue weighted by Crippen LogP contribution is -2.48. The summed E-state index contributed by atoms with van der Waals surface area (Å²) in [7, 11) is 0. The van der Waals surface area contributed by atoms with Crippen molar-refractivity contribution in [3.8, 4) is 0 Å². The smallest absolute Gasteiger partial charge is 0.318 e. The summed E-state index contributed by atoms with van der Waals surface area (Å²) in [6, 6.07) is 5.80. The van der Waals surface area contributed by atoms with Gasteiger partial charge in [0.1, 0.15) is 11.6 Å². The molecule has 2 aromatic rings. The van der Waals surface area contributed by atoms with Crippen LogP contribution in [0.4, 0.5) is 9.18 Å². The first kappa shape index (κ1) is 17.4. The van der Waals surface area contributed by atoms with E-state index in [0.717, 1.165) is 17.0 Å². The second kappa shape index (κ2) is 7.65. The summed E-state index contributed by atoms with van der Waals surface area (Å²) in [6.45, 7) is 5.53. The number of halogens is 1. The summed E-state index contributed by atoms with van der Waals surface area (Å²) in [5.74, 6) is 1.11. The van der Waals surface area contributed by atoms with Crippen LogP contribution in [0.2, 0.25) is 0 Å². The minimum absolute atomic E-state index is 0.157. The number of hydrogen-bond donors (Lipinski definition) is 1. The Balaban J connectivity index is 1.60. The van der Waals surface area contributed by atoms with E-state index < -0.39 is 0 Å². The molecule has 1 fully saturated rings. The van der Waals surface area contributed by atoms with Crippen molar-refractivity contribution >= 4 is 6.03 Å². The van der Waals surface area contributed by atoms with Crippen LogP contribution in [-0.4, -0.2) is 42.2 Å². The molecule has 0 radical (unpaired) electrons. The molecule has 1 atom stereocenters. The highest BCUT2D eigenvalue weighted by Crippen LogP contribution is 2.24. The van der Waals surface area contributed by atoms with Crippen LogP contribution in [0.5, 0.6) is 0 Å². The monoisotopic (exact) mass is 347 g/mol. The summed E-state index contributed by atoms with van der Waals surface area (Å²) < 4.78 is 24.0. The zero-order chi connectivity index (χ0) is 17.8. The van der Waals surface area contributed by atoms with Gasteiger partial charge in [0.15, 0.2) is 5.89 Å². The number of urea groups is 1. The van der Waals surface area contributed by atoms with Crippen molar-refractivity contribution in [3.05, 3.63) is 53.0 Å². The maximum Gasteiger partial charge on any atom is 0.318 e. The first-order valence-corrected chi connectivity index (χ1v) is 8.35. The van der Waals surface area contributed by atoms with Gasteiger partial charge in [0.05, 0.1) is 24.9 Å². The largest absolute Gasteiger partial charge is 0.446 e. The zero-order valence-electron chi connectivity index (χ0n) is 14.4. The summed E-state index contributed by atoms with van der Waals surface area (Å²) in [6.07, 6.45) is 0.612. The van der Waals surface area contributed by atoms with Crippen LogP contribution in [0.15, 0.2) is 28.7 Å². The van der Waals surface area contributed by atoms with E-state index in [9.17, 15) is 9.18 Å². The molecule has 2 amide bonds. The SMILES string of the molecule is Cc1nc(CCNC(=O)N2CCOCC2c2ccc(F)cc2)c(C)o1. The van der Waals surface area contributed by atoms with Crippen LogP contribution in [0.1, 0.15) is 29.0 Å². The van der Waals surface area contributed by atoms with Gasteiger partial charge in [-0.25, -0.2) is 14.2 Å². The first-order valence-electron chi connectivity index (χ1n) is 8.35. The van der Waals surface area contributed by atoms with Crippen molar-refractivity contribution in [2.45, 2.75) is 26.3 Å². The molecule has 6 nitrogen and oxygen atoms in total. The zero-order valence-corrected chi connectivity index (χ0v) is 14.4. The average molecular weight is 347 g/mol. The summed E-state index contributed by atoms with van der Waals surface area (Å²) in [4.78, 5) is 18.6. The van der Waals surface area contributed by atoms with Gasteiger partial charge in [0.25, 0.3) is 0 Å². The van der Waals surface area contributed by atoms with Crippen molar-refractivity contribution in [2.75, 3.05) is 26.3 Å². The van der Waals surface area contributed by atoms with Gasteiger partial charge in [-0.2, -0.15) is 0 Å². The number of oxazole rings is 1. The molecule has 0 spiro atoms. The molecule has 2 heterocycles. The summed E-state index contributed by atoms with van der Waals surface area (Å²) >= 11 is 0. The van der Waals surface area contributed by atoms with Gasteiger partial charge < -0.3 is 19.4 Å². The van der Waals surface area contributed by atoms with Crippen molar-refractivity contribution < 1.29 is 18.3 Å². The number of aryl methyl sites for hydroxylation is 2. The molecule has 3 rings (SSSR count). The number of benzene rings is 1. The van der Waals surface area contributed by atoms with Gasteiger partial charge in [0.2, 0.25) is 0 Å². The van der Waals surface area contributed by atoms with E-state index >= 15 is 0 Å². The van der Waals surface area contributed by atoms with E-state index in [1.165, 1.54) is 12.1 Å². The highest BCUT2D eigenvalue weighted by Gasteiger charge is 2.28. The predicted octanol–water partition coefficient (Wildman–Crippen LogP) is 2.76. The number of nitrogens with one attached hydrogen (secondary N) is 1. The number of carbonyl (C=O) groups is 1. The Bertz CT molecular complexity index is 730. The van der Waals surface area contributed by atoms with Crippen LogP contribution in [0.25, 0.3) is 0 Å². The Morgan fingerprint density at radius 3 is 2.80 bits per heavy atom. The normalized spacial score (nSPS) is 17.6. The van der Waals surface area contributed by atoms with Crippen LogP contribution >= 0.6 is 0 Å². The van der Waals surface area contributed by atoms with Crippen molar-refractivity contribution in [1.29, 1.82) is 0 Å². The Morgan fingerprint density at radius 2 is 2.12 bits per heavy atom. The number of rotatable bonds is 4. The second-order valence-electron chi connectivity index (χ2n) is 6.05. The third-order valence-electron chi connectivity index (χ3n) is 4.28. The third kappa shape index (κ3) is 4.17. The minimum Gasteiger partial charge on any atom is -0.446 e. The fraction of sp³-hybridized carbons (Fsp3) is 0.444. The van der Waals surface area contributed by atoms with Gasteiger partial charge >= 0.3 is 6.03 Å². The Hall–Kier alpha value is -2.41. The third-order valence-corrected chi connectivity index (χ3v) is 4.28. The van der Waals surface area contributed by atoms with Crippen LogP contribution < -0.4 is 5.32 Å². The fourth-order valence-electron chi connectivity index (χ4n) is 3.00. The molecule has 1 N–H and O–H groups in total. The highest BCUT2D eigenvalue weighted by atomic mass is 19.1. The molecule has 1 saturated heterocycles.